The summed E-state index contributed by atoms with van der Waals surface area (Å²) in [7, 11) is 0. The van der Waals surface area contributed by atoms with Crippen molar-refractivity contribution in [3.8, 4) is 11.1 Å². The van der Waals surface area contributed by atoms with E-state index in [9.17, 15) is 4.79 Å². The molecule has 2 saturated heterocycles. The molecular formula is C25H35BrN8O3. The number of carbonyl (C=O) groups excluding carboxylic acids is 1. The summed E-state index contributed by atoms with van der Waals surface area (Å²) in [6.07, 6.45) is 6.99. The highest BCUT2D eigenvalue weighted by Crippen LogP contribution is 2.37. The number of aromatic amines is 1. The second kappa shape index (κ2) is 11.0. The highest BCUT2D eigenvalue weighted by Gasteiger charge is 2.31. The van der Waals surface area contributed by atoms with Crippen molar-refractivity contribution in [2.75, 3.05) is 57.8 Å². The molecular weight excluding hydrogens is 540 g/mol. The summed E-state index contributed by atoms with van der Waals surface area (Å²) in [5, 5.41) is 15.3. The van der Waals surface area contributed by atoms with Gasteiger partial charge in [-0.15, -0.1) is 0 Å². The van der Waals surface area contributed by atoms with Crippen LogP contribution >= 0.6 is 15.9 Å². The average Bonchev–Trinajstić information content (AvgIpc) is 3.55. The summed E-state index contributed by atoms with van der Waals surface area (Å²) in [6, 6.07) is 0. The van der Waals surface area contributed by atoms with Gasteiger partial charge in [0.1, 0.15) is 11.4 Å². The lowest BCUT2D eigenvalue weighted by Crippen LogP contribution is -2.42. The van der Waals surface area contributed by atoms with Gasteiger partial charge in [-0.1, -0.05) is 0 Å². The summed E-state index contributed by atoms with van der Waals surface area (Å²) in [5.74, 6) is 0.921. The van der Waals surface area contributed by atoms with Crippen molar-refractivity contribution in [2.45, 2.75) is 45.1 Å². The Morgan fingerprint density at radius 1 is 1.27 bits per heavy atom. The van der Waals surface area contributed by atoms with Gasteiger partial charge >= 0.3 is 6.09 Å². The first-order valence-electron chi connectivity index (χ1n) is 12.9. The van der Waals surface area contributed by atoms with Gasteiger partial charge < -0.3 is 19.7 Å². The minimum absolute atomic E-state index is 0.0625. The zero-order valence-electron chi connectivity index (χ0n) is 21.7. The first-order valence-corrected chi connectivity index (χ1v) is 13.7. The number of hydrogen-bond donors (Lipinski definition) is 2. The number of aromatic nitrogens is 5. The molecule has 0 aromatic carbocycles. The van der Waals surface area contributed by atoms with Crippen molar-refractivity contribution in [3.05, 3.63) is 28.8 Å². The Balaban J connectivity index is 1.45. The molecule has 0 spiro atoms. The monoisotopic (exact) mass is 574 g/mol. The molecule has 3 aromatic heterocycles. The van der Waals surface area contributed by atoms with E-state index >= 15 is 0 Å². The van der Waals surface area contributed by atoms with Crippen LogP contribution in [0.3, 0.4) is 0 Å². The number of nitrogens with one attached hydrogen (secondary N) is 2. The fraction of sp³-hybridized carbons (Fsp3) is 0.600. The topological polar surface area (TPSA) is 113 Å². The van der Waals surface area contributed by atoms with Crippen LogP contribution in [0.25, 0.3) is 16.8 Å². The summed E-state index contributed by atoms with van der Waals surface area (Å²) >= 11 is 3.86. The molecule has 1 amide bonds. The number of hydrogen-bond acceptors (Lipinski definition) is 8. The first-order chi connectivity index (χ1) is 17.8. The largest absolute Gasteiger partial charge is 0.444 e. The third-order valence-corrected chi connectivity index (χ3v) is 7.49. The highest BCUT2D eigenvalue weighted by atomic mass is 79.9. The molecule has 3 aromatic rings. The maximum atomic E-state index is 12.8. The number of ether oxygens (including phenoxy) is 2. The zero-order chi connectivity index (χ0) is 26.0. The van der Waals surface area contributed by atoms with Crippen LogP contribution in [0.4, 0.5) is 10.6 Å². The minimum atomic E-state index is -0.531. The minimum Gasteiger partial charge on any atom is -0.444 e. The van der Waals surface area contributed by atoms with Gasteiger partial charge in [-0.05, 0) is 49.5 Å². The van der Waals surface area contributed by atoms with Crippen molar-refractivity contribution >= 4 is 33.5 Å². The molecule has 5 rings (SSSR count). The van der Waals surface area contributed by atoms with Crippen molar-refractivity contribution < 1.29 is 14.3 Å². The molecule has 0 saturated carbocycles. The maximum Gasteiger partial charge on any atom is 0.410 e. The number of fused-ring (bicyclic) bond motifs is 1. The van der Waals surface area contributed by atoms with Crippen molar-refractivity contribution in [1.82, 2.24) is 34.6 Å². The second-order valence-corrected chi connectivity index (χ2v) is 11.4. The van der Waals surface area contributed by atoms with E-state index in [-0.39, 0.29) is 12.0 Å². The normalized spacial score (nSPS) is 19.4. The SMILES string of the molecule is CC(C)(C)OC(=O)N1CCCC(c2nc3c(-c4cn[nH]c4)cnn3c(NCCN3CCOCC3)c2Br)C1. The smallest absolute Gasteiger partial charge is 0.410 e. The van der Waals surface area contributed by atoms with Crippen LogP contribution in [0.2, 0.25) is 0 Å². The van der Waals surface area contributed by atoms with Crippen molar-refractivity contribution in [3.63, 3.8) is 0 Å². The quantitative estimate of drug-likeness (QED) is 0.457. The van der Waals surface area contributed by atoms with Crippen LogP contribution in [0.1, 0.15) is 45.2 Å². The molecule has 1 atom stereocenters. The van der Waals surface area contributed by atoms with Gasteiger partial charge in [0.25, 0.3) is 0 Å². The maximum absolute atomic E-state index is 12.8. The number of anilines is 1. The van der Waals surface area contributed by atoms with E-state index in [0.717, 1.165) is 85.0 Å². The van der Waals surface area contributed by atoms with Gasteiger partial charge in [-0.3, -0.25) is 10.00 Å². The van der Waals surface area contributed by atoms with E-state index in [2.05, 4.69) is 41.4 Å². The molecule has 2 N–H and O–H groups in total. The van der Waals surface area contributed by atoms with Crippen LogP contribution in [-0.4, -0.2) is 98.8 Å². The Bertz CT molecular complexity index is 1220. The summed E-state index contributed by atoms with van der Waals surface area (Å²) in [4.78, 5) is 22.1. The molecule has 5 heterocycles. The fourth-order valence-electron chi connectivity index (χ4n) is 4.87. The lowest BCUT2D eigenvalue weighted by Gasteiger charge is -2.34. The van der Waals surface area contributed by atoms with Gasteiger partial charge in [0.15, 0.2) is 5.65 Å². The molecule has 11 nitrogen and oxygen atoms in total. The summed E-state index contributed by atoms with van der Waals surface area (Å²) in [6.45, 7) is 12.0. The molecule has 200 valence electrons. The third kappa shape index (κ3) is 5.91. The molecule has 0 bridgehead atoms. The predicted molar refractivity (Wildman–Crippen MR) is 144 cm³/mol. The van der Waals surface area contributed by atoms with Gasteiger partial charge in [0.05, 0.1) is 35.8 Å². The van der Waals surface area contributed by atoms with Crippen molar-refractivity contribution in [2.24, 2.45) is 0 Å². The molecule has 0 aliphatic carbocycles. The van der Waals surface area contributed by atoms with Gasteiger partial charge in [0.2, 0.25) is 0 Å². The molecule has 2 aliphatic heterocycles. The van der Waals surface area contributed by atoms with Crippen LogP contribution < -0.4 is 5.32 Å². The zero-order valence-corrected chi connectivity index (χ0v) is 23.3. The number of piperidine rings is 1. The molecule has 12 heteroatoms. The van der Waals surface area contributed by atoms with Gasteiger partial charge in [-0.2, -0.15) is 14.7 Å². The van der Waals surface area contributed by atoms with E-state index in [1.54, 1.807) is 11.1 Å². The Labute approximate surface area is 225 Å². The number of morpholine rings is 1. The van der Waals surface area contributed by atoms with Gasteiger partial charge in [-0.25, -0.2) is 9.78 Å². The molecule has 0 radical (unpaired) electrons. The average molecular weight is 576 g/mol. The third-order valence-electron chi connectivity index (χ3n) is 6.71. The van der Waals surface area contributed by atoms with Crippen LogP contribution in [-0.2, 0) is 9.47 Å². The number of rotatable bonds is 6. The number of nitrogens with zero attached hydrogens (tertiary/aromatic N) is 6. The molecule has 2 fully saturated rings. The van der Waals surface area contributed by atoms with E-state index in [1.807, 2.05) is 37.7 Å². The Kier molecular flexibility index (Phi) is 7.68. The number of carbonyl (C=O) groups is 1. The van der Waals surface area contributed by atoms with Crippen molar-refractivity contribution in [1.29, 1.82) is 0 Å². The first kappa shape index (κ1) is 25.9. The van der Waals surface area contributed by atoms with E-state index in [1.165, 1.54) is 0 Å². The summed E-state index contributed by atoms with van der Waals surface area (Å²) < 4.78 is 13.9. The Morgan fingerprint density at radius 2 is 2.08 bits per heavy atom. The fourth-order valence-corrected chi connectivity index (χ4v) is 5.59. The van der Waals surface area contributed by atoms with Gasteiger partial charge in [0, 0.05) is 62.5 Å². The second-order valence-electron chi connectivity index (χ2n) is 10.6. The Morgan fingerprint density at radius 3 is 2.81 bits per heavy atom. The van der Waals surface area contributed by atoms with Crippen LogP contribution in [0.15, 0.2) is 23.1 Å². The van der Waals surface area contributed by atoms with Crippen LogP contribution in [0.5, 0.6) is 0 Å². The van der Waals surface area contributed by atoms with E-state index < -0.39 is 5.60 Å². The standard InChI is InChI=1S/C25H35BrN8O3/c1-25(2,3)37-24(35)33-7-4-5-17(16-33)21-20(26)23(27-6-8-32-9-11-36-12-10-32)34-22(31-21)19(15-30-34)18-13-28-29-14-18/h13-15,17,27H,4-12,16H2,1-3H3,(H,28,29). The van der Waals surface area contributed by atoms with E-state index in [0.29, 0.717) is 13.1 Å². The van der Waals surface area contributed by atoms with E-state index in [4.69, 9.17) is 14.5 Å². The number of amides is 1. The lowest BCUT2D eigenvalue weighted by atomic mass is 9.94. The molecule has 2 aliphatic rings. The highest BCUT2D eigenvalue weighted by molar-refractivity contribution is 9.10. The Hall–Kier alpha value is -2.70. The number of halogens is 1. The van der Waals surface area contributed by atoms with Crippen LogP contribution in [0, 0.1) is 0 Å². The number of H-pyrrole nitrogens is 1. The number of likely N-dealkylation sites (tertiary alicyclic amines) is 1. The molecule has 37 heavy (non-hydrogen) atoms. The molecule has 1 unspecified atom stereocenters. The predicted octanol–water partition coefficient (Wildman–Crippen LogP) is 3.74. The lowest BCUT2D eigenvalue weighted by molar-refractivity contribution is 0.0197. The summed E-state index contributed by atoms with van der Waals surface area (Å²) in [5.41, 5.74) is 2.96.